The lowest BCUT2D eigenvalue weighted by atomic mass is 9.89. The molecule has 0 spiro atoms. The molecule has 2 rings (SSSR count). The first-order chi connectivity index (χ1) is 8.16. The lowest BCUT2D eigenvalue weighted by Gasteiger charge is -2.22. The van der Waals surface area contributed by atoms with Crippen LogP contribution in [0.25, 0.3) is 0 Å². The van der Waals surface area contributed by atoms with Crippen LogP contribution in [-0.2, 0) is 0 Å². The van der Waals surface area contributed by atoms with Crippen LogP contribution in [-0.4, -0.2) is 6.54 Å². The van der Waals surface area contributed by atoms with E-state index in [2.05, 4.69) is 21.2 Å². The highest BCUT2D eigenvalue weighted by Gasteiger charge is 2.15. The quantitative estimate of drug-likeness (QED) is 0.852. The zero-order valence-electron chi connectivity index (χ0n) is 9.61. The molecule has 1 saturated carbocycles. The van der Waals surface area contributed by atoms with Crippen molar-refractivity contribution < 1.29 is 8.78 Å². The standard InChI is InChI=1S/C13H16BrF2N/c14-10-6-11(15)13(12(16)7-10)17-8-9-4-2-1-3-5-9/h6-7,9,17H,1-5,8H2. The highest BCUT2D eigenvalue weighted by atomic mass is 79.9. The fourth-order valence-corrected chi connectivity index (χ4v) is 2.75. The topological polar surface area (TPSA) is 12.0 Å². The first-order valence-electron chi connectivity index (χ1n) is 6.05. The third-order valence-electron chi connectivity index (χ3n) is 3.30. The Morgan fingerprint density at radius 3 is 2.29 bits per heavy atom. The highest BCUT2D eigenvalue weighted by Crippen LogP contribution is 2.27. The van der Waals surface area contributed by atoms with Crippen molar-refractivity contribution in [3.63, 3.8) is 0 Å². The SMILES string of the molecule is Fc1cc(Br)cc(F)c1NCC1CCCCC1. The Labute approximate surface area is 109 Å². The molecule has 0 heterocycles. The van der Waals surface area contributed by atoms with Crippen molar-refractivity contribution in [3.8, 4) is 0 Å². The van der Waals surface area contributed by atoms with E-state index in [1.807, 2.05) is 0 Å². The van der Waals surface area contributed by atoms with E-state index >= 15 is 0 Å². The number of benzene rings is 1. The molecule has 0 aromatic heterocycles. The number of rotatable bonds is 3. The van der Waals surface area contributed by atoms with Crippen molar-refractivity contribution in [2.24, 2.45) is 5.92 Å². The Kier molecular flexibility index (Phi) is 4.37. The number of halogens is 3. The third-order valence-corrected chi connectivity index (χ3v) is 3.76. The number of nitrogens with one attached hydrogen (secondary N) is 1. The second-order valence-corrected chi connectivity index (χ2v) is 5.55. The molecule has 0 radical (unpaired) electrons. The number of hydrogen-bond donors (Lipinski definition) is 1. The molecule has 1 fully saturated rings. The van der Waals surface area contributed by atoms with Crippen LogP contribution in [0.3, 0.4) is 0 Å². The summed E-state index contributed by atoms with van der Waals surface area (Å²) < 4.78 is 27.5. The predicted molar refractivity (Wildman–Crippen MR) is 69.1 cm³/mol. The maximum atomic E-state index is 13.5. The molecule has 1 aromatic rings. The van der Waals surface area contributed by atoms with Gasteiger partial charge in [-0.25, -0.2) is 8.78 Å². The molecule has 0 bridgehead atoms. The molecule has 1 aliphatic rings. The summed E-state index contributed by atoms with van der Waals surface area (Å²) in [4.78, 5) is 0. The Bertz CT molecular complexity index is 366. The molecule has 1 N–H and O–H groups in total. The second kappa shape index (κ2) is 5.80. The van der Waals surface area contributed by atoms with Crippen LogP contribution in [0.5, 0.6) is 0 Å². The summed E-state index contributed by atoms with van der Waals surface area (Å²) in [5.74, 6) is -0.522. The van der Waals surface area contributed by atoms with Crippen molar-refractivity contribution in [2.45, 2.75) is 32.1 Å². The van der Waals surface area contributed by atoms with Crippen molar-refractivity contribution in [1.29, 1.82) is 0 Å². The van der Waals surface area contributed by atoms with E-state index in [0.29, 0.717) is 16.9 Å². The van der Waals surface area contributed by atoms with Crippen molar-refractivity contribution in [1.82, 2.24) is 0 Å². The van der Waals surface area contributed by atoms with E-state index < -0.39 is 11.6 Å². The molecule has 0 aliphatic heterocycles. The maximum Gasteiger partial charge on any atom is 0.150 e. The summed E-state index contributed by atoms with van der Waals surface area (Å²) in [7, 11) is 0. The molecule has 0 unspecified atom stereocenters. The lowest BCUT2D eigenvalue weighted by Crippen LogP contribution is -2.18. The van der Waals surface area contributed by atoms with E-state index in [0.717, 1.165) is 12.8 Å². The van der Waals surface area contributed by atoms with Crippen LogP contribution >= 0.6 is 15.9 Å². The maximum absolute atomic E-state index is 13.5. The van der Waals surface area contributed by atoms with Gasteiger partial charge in [-0.05, 0) is 30.9 Å². The van der Waals surface area contributed by atoms with Gasteiger partial charge in [-0.1, -0.05) is 35.2 Å². The van der Waals surface area contributed by atoms with Gasteiger partial charge in [0.1, 0.15) is 17.3 Å². The average molecular weight is 304 g/mol. The van der Waals surface area contributed by atoms with E-state index in [-0.39, 0.29) is 5.69 Å². The van der Waals surface area contributed by atoms with Crippen LogP contribution in [0.1, 0.15) is 32.1 Å². The Hall–Kier alpha value is -0.640. The van der Waals surface area contributed by atoms with E-state index in [1.165, 1.54) is 31.4 Å². The first kappa shape index (κ1) is 12.8. The van der Waals surface area contributed by atoms with Crippen molar-refractivity contribution >= 4 is 21.6 Å². The van der Waals surface area contributed by atoms with Gasteiger partial charge in [0.25, 0.3) is 0 Å². The summed E-state index contributed by atoms with van der Waals surface area (Å²) in [5, 5.41) is 2.91. The normalized spacial score (nSPS) is 17.1. The lowest BCUT2D eigenvalue weighted by molar-refractivity contribution is 0.372. The molecule has 17 heavy (non-hydrogen) atoms. The highest BCUT2D eigenvalue weighted by molar-refractivity contribution is 9.10. The molecule has 94 valence electrons. The molecular formula is C13H16BrF2N. The van der Waals surface area contributed by atoms with Crippen LogP contribution in [0.4, 0.5) is 14.5 Å². The van der Waals surface area contributed by atoms with Gasteiger partial charge in [0.2, 0.25) is 0 Å². The minimum atomic E-state index is -0.535. The van der Waals surface area contributed by atoms with Gasteiger partial charge in [-0.3, -0.25) is 0 Å². The Morgan fingerprint density at radius 2 is 1.71 bits per heavy atom. The van der Waals surface area contributed by atoms with Crippen LogP contribution < -0.4 is 5.32 Å². The van der Waals surface area contributed by atoms with Crippen LogP contribution in [0.15, 0.2) is 16.6 Å². The van der Waals surface area contributed by atoms with Crippen LogP contribution in [0.2, 0.25) is 0 Å². The largest absolute Gasteiger partial charge is 0.380 e. The minimum absolute atomic E-state index is 0.00114. The Morgan fingerprint density at radius 1 is 1.12 bits per heavy atom. The summed E-state index contributed by atoms with van der Waals surface area (Å²) in [6, 6.07) is 2.57. The van der Waals surface area contributed by atoms with Gasteiger partial charge in [0, 0.05) is 11.0 Å². The van der Waals surface area contributed by atoms with Crippen molar-refractivity contribution in [3.05, 3.63) is 28.2 Å². The molecule has 0 saturated heterocycles. The van der Waals surface area contributed by atoms with Gasteiger partial charge in [-0.2, -0.15) is 0 Å². The summed E-state index contributed by atoms with van der Waals surface area (Å²) in [6.07, 6.45) is 6.08. The van der Waals surface area contributed by atoms with E-state index in [9.17, 15) is 8.78 Å². The van der Waals surface area contributed by atoms with Gasteiger partial charge in [-0.15, -0.1) is 0 Å². The van der Waals surface area contributed by atoms with Crippen molar-refractivity contribution in [2.75, 3.05) is 11.9 Å². The molecular weight excluding hydrogens is 288 g/mol. The molecule has 1 aliphatic carbocycles. The first-order valence-corrected chi connectivity index (χ1v) is 6.84. The fourth-order valence-electron chi connectivity index (χ4n) is 2.35. The summed E-state index contributed by atoms with van der Waals surface area (Å²) in [6.45, 7) is 0.662. The van der Waals surface area contributed by atoms with E-state index in [4.69, 9.17) is 0 Å². The predicted octanol–water partition coefficient (Wildman–Crippen LogP) is 4.72. The van der Waals surface area contributed by atoms with Crippen LogP contribution in [0, 0.1) is 17.6 Å². The molecule has 1 nitrogen and oxygen atoms in total. The van der Waals surface area contributed by atoms with Gasteiger partial charge >= 0.3 is 0 Å². The fraction of sp³-hybridized carbons (Fsp3) is 0.538. The zero-order valence-corrected chi connectivity index (χ0v) is 11.2. The van der Waals surface area contributed by atoms with Gasteiger partial charge < -0.3 is 5.32 Å². The third kappa shape index (κ3) is 3.41. The van der Waals surface area contributed by atoms with Gasteiger partial charge in [0.05, 0.1) is 0 Å². The molecule has 1 aromatic carbocycles. The minimum Gasteiger partial charge on any atom is -0.380 e. The smallest absolute Gasteiger partial charge is 0.150 e. The molecule has 4 heteroatoms. The number of hydrogen-bond acceptors (Lipinski definition) is 1. The average Bonchev–Trinajstić information content (AvgIpc) is 2.29. The molecule has 0 amide bonds. The van der Waals surface area contributed by atoms with E-state index in [1.54, 1.807) is 0 Å². The number of anilines is 1. The Balaban J connectivity index is 1.98. The van der Waals surface area contributed by atoms with Gasteiger partial charge in [0.15, 0.2) is 0 Å². The summed E-state index contributed by atoms with van der Waals surface area (Å²) >= 11 is 3.07. The monoisotopic (exact) mass is 303 g/mol. The summed E-state index contributed by atoms with van der Waals surface area (Å²) in [5.41, 5.74) is -0.00114. The second-order valence-electron chi connectivity index (χ2n) is 4.63. The molecule has 0 atom stereocenters. The zero-order chi connectivity index (χ0) is 12.3.